The molecule has 0 spiro atoms. The maximum absolute atomic E-state index is 12.9. The molecule has 7 nitrogen and oxygen atoms in total. The number of carbonyl (C=O) groups is 1. The molecule has 0 saturated carbocycles. The Labute approximate surface area is 188 Å². The molecule has 10 heteroatoms. The minimum atomic E-state index is -3.85. The maximum Gasteiger partial charge on any atom is 0.336 e. The molecule has 3 heterocycles. The van der Waals surface area contributed by atoms with Crippen LogP contribution >= 0.6 is 22.9 Å². The van der Waals surface area contributed by atoms with Crippen LogP contribution in [0.25, 0.3) is 11.0 Å². The van der Waals surface area contributed by atoms with Crippen molar-refractivity contribution in [1.29, 1.82) is 0 Å². The molecule has 1 saturated heterocycles. The lowest BCUT2D eigenvalue weighted by atomic mass is 10.0. The van der Waals surface area contributed by atoms with Gasteiger partial charge in [0.25, 0.3) is 10.0 Å². The van der Waals surface area contributed by atoms with E-state index < -0.39 is 27.7 Å². The third kappa shape index (κ3) is 4.27. The number of hydrogen-bond donors (Lipinski definition) is 0. The smallest absolute Gasteiger partial charge is 0.336 e. The Morgan fingerprint density at radius 1 is 1.26 bits per heavy atom. The molecule has 4 rings (SSSR count). The predicted octanol–water partition coefficient (Wildman–Crippen LogP) is 4.02. The number of halogens is 1. The summed E-state index contributed by atoms with van der Waals surface area (Å²) >= 11 is 6.83. The minimum absolute atomic E-state index is 0.0923. The average Bonchev–Trinajstić information content (AvgIpc) is 3.37. The number of aryl methyl sites for hydroxylation is 2. The Kier molecular flexibility index (Phi) is 5.95. The largest absolute Gasteiger partial charge is 0.460 e. The number of sulfonamides is 1. The fourth-order valence-corrected chi connectivity index (χ4v) is 6.92. The average molecular weight is 482 g/mol. The molecule has 0 bridgehead atoms. The van der Waals surface area contributed by atoms with E-state index in [1.807, 2.05) is 19.9 Å². The number of fused-ring (bicyclic) bond motifs is 1. The SMILES string of the molecule is Cc1cc2oc(=O)cc(COC(=O)[C@H]3CCCN3S(=O)(=O)c3ccc(Cl)s3)c2cc1C. The molecular weight excluding hydrogens is 462 g/mol. The molecule has 0 radical (unpaired) electrons. The van der Waals surface area contributed by atoms with E-state index in [0.29, 0.717) is 33.7 Å². The Balaban J connectivity index is 1.56. The van der Waals surface area contributed by atoms with E-state index >= 15 is 0 Å². The predicted molar refractivity (Wildman–Crippen MR) is 118 cm³/mol. The summed E-state index contributed by atoms with van der Waals surface area (Å²) in [6.45, 7) is 3.93. The van der Waals surface area contributed by atoms with Crippen molar-refractivity contribution in [2.24, 2.45) is 0 Å². The Bertz CT molecular complexity index is 1330. The Morgan fingerprint density at radius 3 is 2.71 bits per heavy atom. The third-order valence-corrected chi connectivity index (χ3v) is 9.01. The van der Waals surface area contributed by atoms with Crippen LogP contribution in [0.3, 0.4) is 0 Å². The molecule has 1 aromatic carbocycles. The first-order valence-electron chi connectivity index (χ1n) is 9.64. The van der Waals surface area contributed by atoms with Gasteiger partial charge in [-0.05, 0) is 62.1 Å². The van der Waals surface area contributed by atoms with Crippen LogP contribution in [0.1, 0.15) is 29.5 Å². The summed E-state index contributed by atoms with van der Waals surface area (Å²) in [5.41, 5.74) is 2.38. The normalized spacial score (nSPS) is 17.3. The number of thiophene rings is 1. The van der Waals surface area contributed by atoms with E-state index in [0.717, 1.165) is 22.5 Å². The van der Waals surface area contributed by atoms with E-state index in [-0.39, 0.29) is 17.4 Å². The molecule has 1 aliphatic heterocycles. The van der Waals surface area contributed by atoms with Crippen molar-refractivity contribution in [3.63, 3.8) is 0 Å². The van der Waals surface area contributed by atoms with Crippen molar-refractivity contribution < 1.29 is 22.4 Å². The van der Waals surface area contributed by atoms with Crippen molar-refractivity contribution in [3.05, 3.63) is 61.8 Å². The minimum Gasteiger partial charge on any atom is -0.460 e. The van der Waals surface area contributed by atoms with Gasteiger partial charge in [-0.1, -0.05) is 11.6 Å². The first-order valence-corrected chi connectivity index (χ1v) is 12.3. The molecule has 3 aromatic rings. The molecule has 31 heavy (non-hydrogen) atoms. The lowest BCUT2D eigenvalue weighted by Crippen LogP contribution is -2.41. The van der Waals surface area contributed by atoms with Crippen LogP contribution < -0.4 is 5.63 Å². The molecule has 2 aromatic heterocycles. The van der Waals surface area contributed by atoms with E-state index in [1.165, 1.54) is 22.5 Å². The molecule has 0 N–H and O–H groups in total. The van der Waals surface area contributed by atoms with E-state index in [1.54, 1.807) is 6.07 Å². The van der Waals surface area contributed by atoms with Crippen molar-refractivity contribution in [1.82, 2.24) is 4.31 Å². The molecule has 1 atom stereocenters. The van der Waals surface area contributed by atoms with Crippen molar-refractivity contribution in [2.75, 3.05) is 6.54 Å². The molecule has 0 amide bonds. The first-order chi connectivity index (χ1) is 14.7. The van der Waals surface area contributed by atoms with E-state index in [4.69, 9.17) is 20.8 Å². The highest BCUT2D eigenvalue weighted by atomic mass is 35.5. The van der Waals surface area contributed by atoms with Gasteiger partial charge in [0.2, 0.25) is 0 Å². The maximum atomic E-state index is 12.9. The van der Waals surface area contributed by atoms with Gasteiger partial charge in [-0.15, -0.1) is 11.3 Å². The summed E-state index contributed by atoms with van der Waals surface area (Å²) in [5.74, 6) is -0.644. The van der Waals surface area contributed by atoms with Crippen LogP contribution in [0.15, 0.2) is 43.8 Å². The number of esters is 1. The Morgan fingerprint density at radius 2 is 2.00 bits per heavy atom. The fraction of sp³-hybridized carbons (Fsp3) is 0.333. The quantitative estimate of drug-likeness (QED) is 0.403. The molecule has 0 unspecified atom stereocenters. The van der Waals surface area contributed by atoms with E-state index in [9.17, 15) is 18.0 Å². The van der Waals surface area contributed by atoms with Crippen molar-refractivity contribution >= 4 is 49.9 Å². The number of ether oxygens (including phenoxy) is 1. The van der Waals surface area contributed by atoms with Gasteiger partial charge in [-0.2, -0.15) is 4.31 Å². The van der Waals surface area contributed by atoms with Gasteiger partial charge in [0.1, 0.15) is 22.4 Å². The highest BCUT2D eigenvalue weighted by molar-refractivity contribution is 7.91. The zero-order chi connectivity index (χ0) is 22.3. The molecule has 1 fully saturated rings. The first kappa shape index (κ1) is 22.0. The zero-order valence-corrected chi connectivity index (χ0v) is 19.3. The van der Waals surface area contributed by atoms with Gasteiger partial charge in [0.15, 0.2) is 0 Å². The van der Waals surface area contributed by atoms with Crippen LogP contribution in [-0.2, 0) is 26.2 Å². The summed E-state index contributed by atoms with van der Waals surface area (Å²) < 4.78 is 38.2. The molecule has 1 aliphatic rings. The van der Waals surface area contributed by atoms with Crippen LogP contribution in [0.4, 0.5) is 0 Å². The molecule has 164 valence electrons. The Hall–Kier alpha value is -2.20. The number of rotatable bonds is 5. The molecule has 0 aliphatic carbocycles. The summed E-state index contributed by atoms with van der Waals surface area (Å²) in [6.07, 6.45) is 0.918. The van der Waals surface area contributed by atoms with E-state index in [2.05, 4.69) is 0 Å². The van der Waals surface area contributed by atoms with Gasteiger partial charge < -0.3 is 9.15 Å². The van der Waals surface area contributed by atoms with Gasteiger partial charge in [-0.25, -0.2) is 13.2 Å². The number of carbonyl (C=O) groups excluding carboxylic acids is 1. The highest BCUT2D eigenvalue weighted by Gasteiger charge is 2.41. The van der Waals surface area contributed by atoms with Gasteiger partial charge in [0, 0.05) is 23.6 Å². The highest BCUT2D eigenvalue weighted by Crippen LogP contribution is 2.32. The molecular formula is C21H20ClNO6S2. The summed E-state index contributed by atoms with van der Waals surface area (Å²) in [7, 11) is -3.85. The van der Waals surface area contributed by atoms with Crippen LogP contribution in [-0.4, -0.2) is 31.3 Å². The number of nitrogens with zero attached hydrogens (tertiary/aromatic N) is 1. The summed E-state index contributed by atoms with van der Waals surface area (Å²) in [6, 6.07) is 6.97. The van der Waals surface area contributed by atoms with Gasteiger partial charge >= 0.3 is 11.6 Å². The summed E-state index contributed by atoms with van der Waals surface area (Å²) in [4.78, 5) is 24.7. The van der Waals surface area contributed by atoms with Crippen LogP contribution in [0.5, 0.6) is 0 Å². The summed E-state index contributed by atoms with van der Waals surface area (Å²) in [5, 5.41) is 0.680. The second-order valence-electron chi connectivity index (χ2n) is 7.46. The fourth-order valence-electron chi connectivity index (χ4n) is 3.66. The monoisotopic (exact) mass is 481 g/mol. The van der Waals surface area contributed by atoms with Gasteiger partial charge in [-0.3, -0.25) is 4.79 Å². The number of benzene rings is 1. The second kappa shape index (κ2) is 8.38. The van der Waals surface area contributed by atoms with Crippen molar-refractivity contribution in [2.45, 2.75) is 43.5 Å². The third-order valence-electron chi connectivity index (χ3n) is 5.40. The number of hydrogen-bond acceptors (Lipinski definition) is 7. The topological polar surface area (TPSA) is 93.9 Å². The lowest BCUT2D eigenvalue weighted by Gasteiger charge is -2.22. The van der Waals surface area contributed by atoms with Crippen molar-refractivity contribution in [3.8, 4) is 0 Å². The second-order valence-corrected chi connectivity index (χ2v) is 11.3. The lowest BCUT2D eigenvalue weighted by molar-refractivity contribution is -0.148. The van der Waals surface area contributed by atoms with Gasteiger partial charge in [0.05, 0.1) is 4.34 Å². The zero-order valence-electron chi connectivity index (χ0n) is 16.9. The van der Waals surface area contributed by atoms with Crippen LogP contribution in [0.2, 0.25) is 4.34 Å². The van der Waals surface area contributed by atoms with Crippen LogP contribution in [0, 0.1) is 13.8 Å². The standard InChI is InChI=1S/C21H20ClNO6S2/c1-12-8-15-14(10-19(24)29-17(15)9-13(12)2)11-28-21(25)16-4-3-7-23(16)31(26,27)20-6-5-18(22)30-20/h5-6,8-10,16H,3-4,7,11H2,1-2H3/t16-/m1/s1.